The molecule has 2 aromatic carbocycles. The third-order valence-corrected chi connectivity index (χ3v) is 4.66. The summed E-state index contributed by atoms with van der Waals surface area (Å²) in [6.45, 7) is 6.56. The van der Waals surface area contributed by atoms with Crippen molar-refractivity contribution in [1.29, 1.82) is 0 Å². The van der Waals surface area contributed by atoms with E-state index in [1.807, 2.05) is 49.4 Å². The molecule has 0 aliphatic heterocycles. The van der Waals surface area contributed by atoms with Crippen LogP contribution in [0, 0.1) is 0 Å². The summed E-state index contributed by atoms with van der Waals surface area (Å²) in [5.41, 5.74) is 3.06. The Morgan fingerprint density at radius 2 is 1.67 bits per heavy atom. The number of hydrogen-bond donors (Lipinski definition) is 2. The van der Waals surface area contributed by atoms with E-state index in [1.54, 1.807) is 0 Å². The van der Waals surface area contributed by atoms with Gasteiger partial charge in [0.1, 0.15) is 0 Å². The van der Waals surface area contributed by atoms with Crippen molar-refractivity contribution in [2.45, 2.75) is 39.2 Å². The van der Waals surface area contributed by atoms with Gasteiger partial charge in [-0.1, -0.05) is 61.8 Å². The summed E-state index contributed by atoms with van der Waals surface area (Å²) in [7, 11) is 0. The van der Waals surface area contributed by atoms with Crippen LogP contribution in [0.5, 0.6) is 0 Å². The lowest BCUT2D eigenvalue weighted by Crippen LogP contribution is -2.30. The molecule has 0 unspecified atom stereocenters. The summed E-state index contributed by atoms with van der Waals surface area (Å²) in [6, 6.07) is 15.7. The Kier molecular flexibility index (Phi) is 6.83. The first-order chi connectivity index (χ1) is 11.5. The van der Waals surface area contributed by atoms with Crippen LogP contribution in [-0.4, -0.2) is 12.5 Å². The third-order valence-electron chi connectivity index (χ3n) is 4.32. The molecule has 1 amide bonds. The minimum atomic E-state index is -0.0512. The number of amides is 1. The van der Waals surface area contributed by atoms with E-state index in [2.05, 4.69) is 30.5 Å². The van der Waals surface area contributed by atoms with E-state index in [0.29, 0.717) is 10.9 Å². The van der Waals surface area contributed by atoms with E-state index in [9.17, 15) is 4.79 Å². The number of nitrogens with one attached hydrogen (secondary N) is 2. The Hall–Kier alpha value is -1.84. The maximum atomic E-state index is 12.3. The highest BCUT2D eigenvalue weighted by atomic mass is 35.5. The zero-order chi connectivity index (χ0) is 17.5. The van der Waals surface area contributed by atoms with Crippen molar-refractivity contribution in [3.05, 3.63) is 64.7 Å². The Morgan fingerprint density at radius 1 is 1.04 bits per heavy atom. The lowest BCUT2D eigenvalue weighted by molar-refractivity contribution is -0.115. The second-order valence-corrected chi connectivity index (χ2v) is 6.48. The van der Waals surface area contributed by atoms with E-state index in [4.69, 9.17) is 11.6 Å². The van der Waals surface area contributed by atoms with E-state index in [1.165, 1.54) is 5.56 Å². The normalized spacial score (nSPS) is 13.3. The molecule has 0 aliphatic carbocycles. The molecule has 0 saturated carbocycles. The Bertz CT molecular complexity index is 687. The SMILES string of the molecule is CC[C@@H](C)c1ccccc1NC(=O)CN[C@H](C)c1ccccc1Cl. The quantitative estimate of drug-likeness (QED) is 0.729. The Labute approximate surface area is 149 Å². The van der Waals surface area contributed by atoms with Gasteiger partial charge in [0.2, 0.25) is 5.91 Å². The average molecular weight is 345 g/mol. The zero-order valence-corrected chi connectivity index (χ0v) is 15.2. The van der Waals surface area contributed by atoms with Gasteiger partial charge in [0.25, 0.3) is 0 Å². The highest BCUT2D eigenvalue weighted by Crippen LogP contribution is 2.26. The molecule has 3 nitrogen and oxygen atoms in total. The van der Waals surface area contributed by atoms with Crippen LogP contribution in [0.4, 0.5) is 5.69 Å². The Morgan fingerprint density at radius 3 is 2.33 bits per heavy atom. The number of hydrogen-bond acceptors (Lipinski definition) is 2. The summed E-state index contributed by atoms with van der Waals surface area (Å²) in [5, 5.41) is 6.95. The summed E-state index contributed by atoms with van der Waals surface area (Å²) < 4.78 is 0. The molecule has 2 atom stereocenters. The molecule has 4 heteroatoms. The molecule has 0 radical (unpaired) electrons. The number of benzene rings is 2. The Balaban J connectivity index is 1.96. The van der Waals surface area contributed by atoms with Gasteiger partial charge in [-0.05, 0) is 42.5 Å². The number of halogens is 1. The average Bonchev–Trinajstić information content (AvgIpc) is 2.60. The molecule has 0 bridgehead atoms. The molecular weight excluding hydrogens is 320 g/mol. The highest BCUT2D eigenvalue weighted by molar-refractivity contribution is 6.31. The molecule has 2 aromatic rings. The molecule has 2 N–H and O–H groups in total. The maximum absolute atomic E-state index is 12.3. The van der Waals surface area contributed by atoms with Gasteiger partial charge >= 0.3 is 0 Å². The predicted octanol–water partition coefficient (Wildman–Crippen LogP) is 5.14. The predicted molar refractivity (Wildman–Crippen MR) is 102 cm³/mol. The summed E-state index contributed by atoms with van der Waals surface area (Å²) in [4.78, 5) is 12.3. The molecular formula is C20H25ClN2O. The van der Waals surface area contributed by atoms with Crippen molar-refractivity contribution >= 4 is 23.2 Å². The van der Waals surface area contributed by atoms with Crippen LogP contribution in [0.15, 0.2) is 48.5 Å². The van der Waals surface area contributed by atoms with Gasteiger partial charge in [-0.25, -0.2) is 0 Å². The van der Waals surface area contributed by atoms with Gasteiger partial charge in [-0.15, -0.1) is 0 Å². The van der Waals surface area contributed by atoms with Gasteiger partial charge in [0.15, 0.2) is 0 Å². The second kappa shape index (κ2) is 8.86. The molecule has 0 aromatic heterocycles. The van der Waals surface area contributed by atoms with Crippen LogP contribution in [0.25, 0.3) is 0 Å². The summed E-state index contributed by atoms with van der Waals surface area (Å²) in [6.07, 6.45) is 1.04. The highest BCUT2D eigenvalue weighted by Gasteiger charge is 2.13. The van der Waals surface area contributed by atoms with E-state index in [0.717, 1.165) is 17.7 Å². The van der Waals surface area contributed by atoms with Crippen LogP contribution in [-0.2, 0) is 4.79 Å². The molecule has 128 valence electrons. The summed E-state index contributed by atoms with van der Waals surface area (Å²) in [5.74, 6) is 0.362. The number of carbonyl (C=O) groups is 1. The molecule has 0 heterocycles. The molecule has 0 saturated heterocycles. The fraction of sp³-hybridized carbons (Fsp3) is 0.350. The maximum Gasteiger partial charge on any atom is 0.238 e. The molecule has 0 aliphatic rings. The number of carbonyl (C=O) groups excluding carboxylic acids is 1. The van der Waals surface area contributed by atoms with Crippen molar-refractivity contribution in [1.82, 2.24) is 5.32 Å². The molecule has 2 rings (SSSR count). The topological polar surface area (TPSA) is 41.1 Å². The standard InChI is InChI=1S/C20H25ClN2O/c1-4-14(2)16-9-6-8-12-19(16)23-20(24)13-22-15(3)17-10-5-7-11-18(17)21/h5-12,14-15,22H,4,13H2,1-3H3,(H,23,24)/t14-,15-/m1/s1. The van der Waals surface area contributed by atoms with Crippen LogP contribution < -0.4 is 10.6 Å². The largest absolute Gasteiger partial charge is 0.325 e. The van der Waals surface area contributed by atoms with Crippen LogP contribution in [0.3, 0.4) is 0 Å². The fourth-order valence-corrected chi connectivity index (χ4v) is 2.94. The lowest BCUT2D eigenvalue weighted by Gasteiger charge is -2.18. The van der Waals surface area contributed by atoms with Gasteiger partial charge in [-0.2, -0.15) is 0 Å². The molecule has 0 spiro atoms. The lowest BCUT2D eigenvalue weighted by atomic mass is 9.97. The van der Waals surface area contributed by atoms with E-state index >= 15 is 0 Å². The van der Waals surface area contributed by atoms with E-state index in [-0.39, 0.29) is 18.5 Å². The van der Waals surface area contributed by atoms with Crippen molar-refractivity contribution < 1.29 is 4.79 Å². The van der Waals surface area contributed by atoms with E-state index < -0.39 is 0 Å². The van der Waals surface area contributed by atoms with Gasteiger partial charge < -0.3 is 10.6 Å². The third kappa shape index (κ3) is 4.83. The zero-order valence-electron chi connectivity index (χ0n) is 14.5. The molecule has 24 heavy (non-hydrogen) atoms. The van der Waals surface area contributed by atoms with Crippen LogP contribution in [0.1, 0.15) is 50.3 Å². The monoisotopic (exact) mass is 344 g/mol. The van der Waals surface area contributed by atoms with Gasteiger partial charge in [0.05, 0.1) is 6.54 Å². The number of para-hydroxylation sites is 1. The first-order valence-corrected chi connectivity index (χ1v) is 8.77. The fourth-order valence-electron chi connectivity index (χ4n) is 2.64. The molecule has 0 fully saturated rings. The minimum absolute atomic E-state index is 0.00857. The summed E-state index contributed by atoms with van der Waals surface area (Å²) >= 11 is 6.20. The van der Waals surface area contributed by atoms with Crippen molar-refractivity contribution in [2.75, 3.05) is 11.9 Å². The second-order valence-electron chi connectivity index (χ2n) is 6.07. The smallest absolute Gasteiger partial charge is 0.238 e. The minimum Gasteiger partial charge on any atom is -0.325 e. The van der Waals surface area contributed by atoms with Crippen LogP contribution in [0.2, 0.25) is 5.02 Å². The van der Waals surface area contributed by atoms with Crippen molar-refractivity contribution in [3.8, 4) is 0 Å². The van der Waals surface area contributed by atoms with Gasteiger partial charge in [0, 0.05) is 16.8 Å². The van der Waals surface area contributed by atoms with Crippen molar-refractivity contribution in [2.24, 2.45) is 0 Å². The first-order valence-electron chi connectivity index (χ1n) is 8.39. The van der Waals surface area contributed by atoms with Crippen LogP contribution >= 0.6 is 11.6 Å². The first kappa shape index (κ1) is 18.5. The van der Waals surface area contributed by atoms with Crippen molar-refractivity contribution in [3.63, 3.8) is 0 Å². The number of anilines is 1. The number of rotatable bonds is 7. The van der Waals surface area contributed by atoms with Gasteiger partial charge in [-0.3, -0.25) is 4.79 Å².